The fourth-order valence-electron chi connectivity index (χ4n) is 3.19. The first-order valence-corrected chi connectivity index (χ1v) is 9.98. The minimum absolute atomic E-state index is 0. The molecule has 1 aromatic carbocycles. The van der Waals surface area contributed by atoms with E-state index in [1.165, 1.54) is 11.1 Å². The number of fused-ring (bicyclic) bond motifs is 1. The predicted molar refractivity (Wildman–Crippen MR) is 130 cm³/mol. The standard InChI is InChI=1S/C22H29N5O2.HI/c1-23-22(25-12-8-17-6-7-20-18(15-17)10-14-29-20)26-16-21(28)27(2)13-9-19-5-3-4-11-24-19;/h3-7,11,15H,8-10,12-14,16H2,1-2H3,(H2,23,25,26);1H. The van der Waals surface area contributed by atoms with Crippen LogP contribution in [0.2, 0.25) is 0 Å². The van der Waals surface area contributed by atoms with Crippen molar-refractivity contribution in [1.82, 2.24) is 20.5 Å². The fraction of sp³-hybridized carbons (Fsp3) is 0.409. The molecule has 0 atom stereocenters. The van der Waals surface area contributed by atoms with E-state index in [-0.39, 0.29) is 36.4 Å². The van der Waals surface area contributed by atoms with Gasteiger partial charge in [0.2, 0.25) is 5.91 Å². The Labute approximate surface area is 195 Å². The number of ether oxygens (including phenoxy) is 1. The van der Waals surface area contributed by atoms with Crippen molar-refractivity contribution in [2.45, 2.75) is 19.3 Å². The van der Waals surface area contributed by atoms with Gasteiger partial charge in [0.1, 0.15) is 5.75 Å². The van der Waals surface area contributed by atoms with Gasteiger partial charge in [-0.05, 0) is 35.7 Å². The van der Waals surface area contributed by atoms with E-state index < -0.39 is 0 Å². The van der Waals surface area contributed by atoms with Crippen LogP contribution in [0.5, 0.6) is 5.75 Å². The first-order valence-electron chi connectivity index (χ1n) is 9.98. The maximum Gasteiger partial charge on any atom is 0.241 e. The molecule has 1 aliphatic heterocycles. The monoisotopic (exact) mass is 523 g/mol. The molecule has 0 bridgehead atoms. The molecule has 2 heterocycles. The van der Waals surface area contributed by atoms with Crippen LogP contribution >= 0.6 is 24.0 Å². The van der Waals surface area contributed by atoms with E-state index in [1.807, 2.05) is 24.3 Å². The van der Waals surface area contributed by atoms with E-state index in [9.17, 15) is 4.79 Å². The molecule has 0 aliphatic carbocycles. The number of aliphatic imine (C=N–C) groups is 1. The van der Waals surface area contributed by atoms with Gasteiger partial charge in [0.05, 0.1) is 13.2 Å². The van der Waals surface area contributed by atoms with Crippen molar-refractivity contribution in [1.29, 1.82) is 0 Å². The Morgan fingerprint density at radius 1 is 1.23 bits per heavy atom. The minimum atomic E-state index is 0. The number of rotatable bonds is 8. The lowest BCUT2D eigenvalue weighted by Crippen LogP contribution is -2.44. The van der Waals surface area contributed by atoms with E-state index in [4.69, 9.17) is 4.74 Å². The number of nitrogens with zero attached hydrogens (tertiary/aromatic N) is 3. The maximum atomic E-state index is 12.3. The molecule has 1 aromatic heterocycles. The summed E-state index contributed by atoms with van der Waals surface area (Å²) >= 11 is 0. The molecular formula is C22H30IN5O2. The summed E-state index contributed by atoms with van der Waals surface area (Å²) in [6, 6.07) is 12.2. The van der Waals surface area contributed by atoms with Gasteiger partial charge in [-0.25, -0.2) is 0 Å². The maximum absolute atomic E-state index is 12.3. The Morgan fingerprint density at radius 3 is 2.87 bits per heavy atom. The van der Waals surface area contributed by atoms with Crippen molar-refractivity contribution in [3.63, 3.8) is 0 Å². The quantitative estimate of drug-likeness (QED) is 0.315. The topological polar surface area (TPSA) is 78.9 Å². The van der Waals surface area contributed by atoms with Crippen molar-refractivity contribution in [2.75, 3.05) is 40.3 Å². The second kappa shape index (κ2) is 12.4. The molecule has 8 heteroatoms. The second-order valence-electron chi connectivity index (χ2n) is 7.03. The van der Waals surface area contributed by atoms with Crippen molar-refractivity contribution >= 4 is 35.8 Å². The summed E-state index contributed by atoms with van der Waals surface area (Å²) in [5, 5.41) is 6.35. The molecule has 0 saturated heterocycles. The summed E-state index contributed by atoms with van der Waals surface area (Å²) in [6.07, 6.45) is 4.37. The third-order valence-corrected chi connectivity index (χ3v) is 4.95. The number of aromatic nitrogens is 1. The number of carbonyl (C=O) groups excluding carboxylic acids is 1. The summed E-state index contributed by atoms with van der Waals surface area (Å²) in [5.41, 5.74) is 3.53. The summed E-state index contributed by atoms with van der Waals surface area (Å²) < 4.78 is 5.55. The number of hydrogen-bond acceptors (Lipinski definition) is 4. The Balaban J connectivity index is 0.00000320. The zero-order valence-electron chi connectivity index (χ0n) is 17.6. The van der Waals surface area contributed by atoms with Crippen molar-refractivity contribution < 1.29 is 9.53 Å². The van der Waals surface area contributed by atoms with Crippen LogP contribution < -0.4 is 15.4 Å². The fourth-order valence-corrected chi connectivity index (χ4v) is 3.19. The SMILES string of the molecule is CN=C(NCCc1ccc2c(c1)CCO2)NCC(=O)N(C)CCc1ccccn1.I. The number of nitrogens with one attached hydrogen (secondary N) is 2. The van der Waals surface area contributed by atoms with Crippen LogP contribution in [0, 0.1) is 0 Å². The van der Waals surface area contributed by atoms with Gasteiger partial charge < -0.3 is 20.3 Å². The molecule has 0 unspecified atom stereocenters. The van der Waals surface area contributed by atoms with Gasteiger partial charge in [0.15, 0.2) is 5.96 Å². The van der Waals surface area contributed by atoms with Crippen LogP contribution in [0.4, 0.5) is 0 Å². The normalized spacial score (nSPS) is 12.4. The molecule has 2 aromatic rings. The van der Waals surface area contributed by atoms with Gasteiger partial charge in [0.25, 0.3) is 0 Å². The van der Waals surface area contributed by atoms with Gasteiger partial charge in [-0.1, -0.05) is 18.2 Å². The summed E-state index contributed by atoms with van der Waals surface area (Å²) in [7, 11) is 3.51. The smallest absolute Gasteiger partial charge is 0.241 e. The minimum Gasteiger partial charge on any atom is -0.493 e. The number of amides is 1. The van der Waals surface area contributed by atoms with Crippen LogP contribution in [0.15, 0.2) is 47.6 Å². The van der Waals surface area contributed by atoms with Crippen molar-refractivity contribution in [2.24, 2.45) is 4.99 Å². The van der Waals surface area contributed by atoms with Gasteiger partial charge in [-0.3, -0.25) is 14.8 Å². The Hall–Kier alpha value is -2.36. The number of halogens is 1. The van der Waals surface area contributed by atoms with E-state index in [1.54, 1.807) is 25.2 Å². The highest BCUT2D eigenvalue weighted by Gasteiger charge is 2.12. The first-order chi connectivity index (χ1) is 14.2. The number of hydrogen-bond donors (Lipinski definition) is 2. The summed E-state index contributed by atoms with van der Waals surface area (Å²) in [6.45, 7) is 2.35. The lowest BCUT2D eigenvalue weighted by atomic mass is 10.1. The lowest BCUT2D eigenvalue weighted by molar-refractivity contribution is -0.128. The Bertz CT molecular complexity index is 845. The highest BCUT2D eigenvalue weighted by Crippen LogP contribution is 2.25. The molecule has 30 heavy (non-hydrogen) atoms. The molecule has 0 fully saturated rings. The molecule has 0 saturated carbocycles. The van der Waals surface area contributed by atoms with E-state index in [0.29, 0.717) is 12.5 Å². The number of pyridine rings is 1. The molecule has 7 nitrogen and oxygen atoms in total. The highest BCUT2D eigenvalue weighted by atomic mass is 127. The molecule has 1 amide bonds. The van der Waals surface area contributed by atoms with Crippen molar-refractivity contribution in [3.05, 3.63) is 59.4 Å². The van der Waals surface area contributed by atoms with Gasteiger partial charge in [0, 0.05) is 51.9 Å². The summed E-state index contributed by atoms with van der Waals surface area (Å²) in [4.78, 5) is 22.5. The van der Waals surface area contributed by atoms with Crippen LogP contribution in [0.3, 0.4) is 0 Å². The zero-order chi connectivity index (χ0) is 20.5. The summed E-state index contributed by atoms with van der Waals surface area (Å²) in [5.74, 6) is 1.65. The van der Waals surface area contributed by atoms with Gasteiger partial charge >= 0.3 is 0 Å². The largest absolute Gasteiger partial charge is 0.493 e. The Kier molecular flexibility index (Phi) is 9.85. The number of guanidine groups is 1. The molecule has 3 rings (SSSR count). The van der Waals surface area contributed by atoms with Gasteiger partial charge in [-0.15, -0.1) is 24.0 Å². The molecule has 1 aliphatic rings. The van der Waals surface area contributed by atoms with E-state index in [0.717, 1.165) is 43.9 Å². The van der Waals surface area contributed by atoms with Crippen molar-refractivity contribution in [3.8, 4) is 5.75 Å². The number of likely N-dealkylation sites (N-methyl/N-ethyl adjacent to an activating group) is 1. The highest BCUT2D eigenvalue weighted by molar-refractivity contribution is 14.0. The second-order valence-corrected chi connectivity index (χ2v) is 7.03. The predicted octanol–water partition coefficient (Wildman–Crippen LogP) is 2.04. The van der Waals surface area contributed by atoms with Crippen LogP contribution in [0.25, 0.3) is 0 Å². The molecule has 0 radical (unpaired) electrons. The molecule has 2 N–H and O–H groups in total. The van der Waals surface area contributed by atoms with E-state index in [2.05, 4.69) is 32.7 Å². The lowest BCUT2D eigenvalue weighted by Gasteiger charge is -2.18. The average molecular weight is 523 g/mol. The zero-order valence-corrected chi connectivity index (χ0v) is 19.9. The average Bonchev–Trinajstić information content (AvgIpc) is 3.22. The number of benzene rings is 1. The third kappa shape index (κ3) is 7.16. The molecule has 0 spiro atoms. The molecule has 162 valence electrons. The first kappa shape index (κ1) is 23.9. The number of carbonyl (C=O) groups is 1. The van der Waals surface area contributed by atoms with Crippen LogP contribution in [-0.2, 0) is 24.1 Å². The van der Waals surface area contributed by atoms with Crippen LogP contribution in [0.1, 0.15) is 16.8 Å². The van der Waals surface area contributed by atoms with E-state index >= 15 is 0 Å². The van der Waals surface area contributed by atoms with Crippen LogP contribution in [-0.4, -0.2) is 62.1 Å². The third-order valence-electron chi connectivity index (χ3n) is 4.95. The van der Waals surface area contributed by atoms with Gasteiger partial charge in [-0.2, -0.15) is 0 Å². The Morgan fingerprint density at radius 2 is 2.10 bits per heavy atom. The molecular weight excluding hydrogens is 493 g/mol.